The second-order valence-electron chi connectivity index (χ2n) is 9.69. The quantitative estimate of drug-likeness (QED) is 0.320. The first-order chi connectivity index (χ1) is 13.3. The van der Waals surface area contributed by atoms with Crippen LogP contribution < -0.4 is 0 Å². The molecule has 0 aromatic rings. The molecule has 4 fully saturated rings. The maximum absolute atomic E-state index is 11.9. The average molecular weight is 744 g/mol. The van der Waals surface area contributed by atoms with E-state index in [2.05, 4.69) is 70.0 Å². The van der Waals surface area contributed by atoms with Gasteiger partial charge in [-0.25, -0.2) is 0 Å². The summed E-state index contributed by atoms with van der Waals surface area (Å²) in [5.41, 5.74) is 0.593. The zero-order valence-electron chi connectivity index (χ0n) is 18.5. The fourth-order valence-corrected chi connectivity index (χ4v) is 6.09. The Morgan fingerprint density at radius 3 is 2.38 bits per heavy atom. The monoisotopic (exact) mass is 744 g/mol. The largest absolute Gasteiger partial charge is 0.332 e. The molecule has 0 aromatic carbocycles. The van der Waals surface area contributed by atoms with Gasteiger partial charge in [0.05, 0.1) is 6.04 Å². The Morgan fingerprint density at radius 2 is 1.76 bits per heavy atom. The van der Waals surface area contributed by atoms with Gasteiger partial charge in [-0.3, -0.25) is 9.59 Å². The lowest BCUT2D eigenvalue weighted by Gasteiger charge is -2.32. The Balaban J connectivity index is 0.000000268. The molecule has 4 rings (SSSR count). The normalized spacial score (nSPS) is 31.8. The van der Waals surface area contributed by atoms with Gasteiger partial charge < -0.3 is 9.80 Å². The number of likely N-dealkylation sites (tertiary alicyclic amines) is 2. The van der Waals surface area contributed by atoms with Crippen LogP contribution in [0.3, 0.4) is 0 Å². The average Bonchev–Trinajstić information content (AvgIpc) is 3.42. The zero-order chi connectivity index (χ0) is 20.9. The lowest BCUT2D eigenvalue weighted by molar-refractivity contribution is -0.137. The molecule has 2 aliphatic heterocycles. The maximum atomic E-state index is 11.9. The van der Waals surface area contributed by atoms with Crippen molar-refractivity contribution in [3.63, 3.8) is 0 Å². The summed E-state index contributed by atoms with van der Waals surface area (Å²) < 4.78 is 0. The van der Waals surface area contributed by atoms with E-state index in [0.29, 0.717) is 30.0 Å². The van der Waals surface area contributed by atoms with Gasteiger partial charge in [0, 0.05) is 62.7 Å². The second kappa shape index (κ2) is 13.1. The Morgan fingerprint density at radius 1 is 1.10 bits per heavy atom. The van der Waals surface area contributed by atoms with Crippen molar-refractivity contribution in [1.29, 1.82) is 0 Å². The summed E-state index contributed by atoms with van der Waals surface area (Å²) in [6.07, 6.45) is 9.69. The fourth-order valence-electron chi connectivity index (χ4n) is 6.09. The SMILES string of the molecule is CCCCC(=O)N1CCC2CCC(=O)C21.CN1CCC2CCC(C)(C)C21.I.II. The molecule has 4 aliphatic rings. The Labute approximate surface area is 218 Å². The summed E-state index contributed by atoms with van der Waals surface area (Å²) >= 11 is 4.24. The van der Waals surface area contributed by atoms with Crippen molar-refractivity contribution in [2.75, 3.05) is 20.1 Å². The minimum Gasteiger partial charge on any atom is -0.332 e. The molecule has 0 spiro atoms. The van der Waals surface area contributed by atoms with Gasteiger partial charge in [0.25, 0.3) is 0 Å². The molecule has 2 saturated carbocycles. The number of ketones is 1. The Kier molecular flexibility index (Phi) is 12.8. The van der Waals surface area contributed by atoms with Crippen LogP contribution >= 0.6 is 61.2 Å². The molecule has 4 atom stereocenters. The number of carbonyl (C=O) groups excluding carboxylic acids is 2. The highest BCUT2D eigenvalue weighted by Crippen LogP contribution is 2.48. The third-order valence-corrected chi connectivity index (χ3v) is 7.41. The number of carbonyl (C=O) groups is 2. The van der Waals surface area contributed by atoms with E-state index < -0.39 is 0 Å². The summed E-state index contributed by atoms with van der Waals surface area (Å²) in [5.74, 6) is 1.99. The van der Waals surface area contributed by atoms with Gasteiger partial charge >= 0.3 is 0 Å². The summed E-state index contributed by atoms with van der Waals surface area (Å²) in [5, 5.41) is 0. The fraction of sp³-hybridized carbons (Fsp3) is 0.909. The third kappa shape index (κ3) is 6.88. The summed E-state index contributed by atoms with van der Waals surface area (Å²) in [6, 6.07) is 0.844. The van der Waals surface area contributed by atoms with Crippen LogP contribution in [0.15, 0.2) is 0 Å². The van der Waals surface area contributed by atoms with Gasteiger partial charge in [-0.1, -0.05) is 27.2 Å². The first-order valence-electron chi connectivity index (χ1n) is 11.0. The molecule has 1 amide bonds. The van der Waals surface area contributed by atoms with Crippen LogP contribution in [-0.4, -0.2) is 53.7 Å². The highest BCUT2D eigenvalue weighted by atomic mass is 128. The van der Waals surface area contributed by atoms with E-state index in [1.165, 1.54) is 25.8 Å². The van der Waals surface area contributed by atoms with E-state index in [1.807, 2.05) is 4.90 Å². The van der Waals surface area contributed by atoms with Gasteiger partial charge in [0.2, 0.25) is 5.91 Å². The van der Waals surface area contributed by atoms with Gasteiger partial charge in [-0.2, -0.15) is 0 Å². The van der Waals surface area contributed by atoms with E-state index in [-0.39, 0.29) is 35.9 Å². The van der Waals surface area contributed by atoms with Gasteiger partial charge in [0.15, 0.2) is 5.78 Å². The van der Waals surface area contributed by atoms with Crippen molar-refractivity contribution >= 4 is 72.9 Å². The predicted molar refractivity (Wildman–Crippen MR) is 148 cm³/mol. The topological polar surface area (TPSA) is 40.6 Å². The van der Waals surface area contributed by atoms with E-state index in [0.717, 1.165) is 44.2 Å². The number of Topliss-reactive ketones (excluding diaryl/α,β-unsaturated/α-hetero) is 1. The minimum atomic E-state index is -0.0469. The zero-order valence-corrected chi connectivity index (χ0v) is 25.1. The smallest absolute Gasteiger partial charge is 0.223 e. The first-order valence-corrected chi connectivity index (χ1v) is 17.3. The Hall–Kier alpha value is 1.29. The van der Waals surface area contributed by atoms with Crippen molar-refractivity contribution in [3.8, 4) is 0 Å². The Bertz CT molecular complexity index is 544. The van der Waals surface area contributed by atoms with E-state index in [1.54, 1.807) is 0 Å². The number of fused-ring (bicyclic) bond motifs is 2. The van der Waals surface area contributed by atoms with Crippen LogP contribution in [0.1, 0.15) is 78.6 Å². The highest BCUT2D eigenvalue weighted by Gasteiger charge is 2.47. The summed E-state index contributed by atoms with van der Waals surface area (Å²) in [7, 11) is 2.29. The molecule has 170 valence electrons. The molecule has 29 heavy (non-hydrogen) atoms. The van der Waals surface area contributed by atoms with Crippen molar-refractivity contribution in [3.05, 3.63) is 0 Å². The first kappa shape index (κ1) is 28.3. The number of unbranched alkanes of at least 4 members (excludes halogenated alkanes) is 1. The van der Waals surface area contributed by atoms with Gasteiger partial charge in [0.1, 0.15) is 0 Å². The van der Waals surface area contributed by atoms with Crippen molar-refractivity contribution in [1.82, 2.24) is 9.80 Å². The molecule has 7 heteroatoms. The molecular formula is C22H39I3N2O2. The number of rotatable bonds is 3. The second-order valence-corrected chi connectivity index (χ2v) is 9.69. The van der Waals surface area contributed by atoms with Crippen LogP contribution in [0, 0.1) is 17.3 Å². The van der Waals surface area contributed by atoms with Crippen LogP contribution in [0.4, 0.5) is 0 Å². The van der Waals surface area contributed by atoms with Crippen LogP contribution in [-0.2, 0) is 9.59 Å². The van der Waals surface area contributed by atoms with Crippen LogP contribution in [0.2, 0.25) is 0 Å². The van der Waals surface area contributed by atoms with Crippen molar-refractivity contribution in [2.45, 2.75) is 90.6 Å². The maximum Gasteiger partial charge on any atom is 0.223 e. The lowest BCUT2D eigenvalue weighted by Crippen LogP contribution is -2.40. The molecule has 0 aromatic heterocycles. The predicted octanol–water partition coefficient (Wildman–Crippen LogP) is 6.27. The number of nitrogens with zero attached hydrogens (tertiary/aromatic N) is 2. The van der Waals surface area contributed by atoms with E-state index in [4.69, 9.17) is 0 Å². The summed E-state index contributed by atoms with van der Waals surface area (Å²) in [4.78, 5) is 27.9. The van der Waals surface area contributed by atoms with Crippen LogP contribution in [0.5, 0.6) is 0 Å². The molecule has 2 saturated heterocycles. The van der Waals surface area contributed by atoms with E-state index in [9.17, 15) is 9.59 Å². The molecule has 4 unspecified atom stereocenters. The number of amides is 1. The number of hydrogen-bond donors (Lipinski definition) is 0. The van der Waals surface area contributed by atoms with Gasteiger partial charge in [-0.05, 0) is 69.4 Å². The number of halogens is 3. The molecular weight excluding hydrogens is 705 g/mol. The van der Waals surface area contributed by atoms with E-state index >= 15 is 0 Å². The molecule has 0 radical (unpaired) electrons. The highest BCUT2D eigenvalue weighted by molar-refractivity contribution is 15.0. The summed E-state index contributed by atoms with van der Waals surface area (Å²) in [6.45, 7) is 9.09. The molecule has 0 N–H and O–H groups in total. The molecule has 4 nitrogen and oxygen atoms in total. The van der Waals surface area contributed by atoms with Crippen molar-refractivity contribution in [2.24, 2.45) is 17.3 Å². The molecule has 2 heterocycles. The lowest BCUT2D eigenvalue weighted by atomic mass is 9.85. The molecule has 0 bridgehead atoms. The molecule has 2 aliphatic carbocycles. The third-order valence-electron chi connectivity index (χ3n) is 7.41. The minimum absolute atomic E-state index is 0. The number of hydrogen-bond acceptors (Lipinski definition) is 3. The van der Waals surface area contributed by atoms with Gasteiger partial charge in [-0.15, -0.1) is 24.0 Å². The van der Waals surface area contributed by atoms with Crippen LogP contribution in [0.25, 0.3) is 0 Å². The standard InChI is InChI=1S/C12H19NO2.C10H19N.I2.HI/c1-2-3-4-11(15)13-8-7-9-5-6-10(14)12(9)13;1-10(2)6-4-8-5-7-11(3)9(8)10;1-2;/h9,12H,2-8H2,1H3;8-9H,4-7H2,1-3H3;;1H. The van der Waals surface area contributed by atoms with Crippen molar-refractivity contribution < 1.29 is 9.59 Å².